The van der Waals surface area contributed by atoms with Gasteiger partial charge in [0, 0.05) is 45.5 Å². The SMILES string of the molecule is CN1CCN(C2=CC=CC3=NC(CN(C)[C@H]4CCCc5cccnc54)C(CN4CCCC4)N23)CC1. The molecule has 2 unspecified atom stereocenters. The molecule has 2 saturated heterocycles. The van der Waals surface area contributed by atoms with E-state index in [4.69, 9.17) is 9.98 Å². The maximum atomic E-state index is 5.37. The summed E-state index contributed by atoms with van der Waals surface area (Å²) in [6, 6.07) is 5.41. The van der Waals surface area contributed by atoms with E-state index < -0.39 is 0 Å². The Labute approximate surface area is 210 Å². The molecule has 188 valence electrons. The summed E-state index contributed by atoms with van der Waals surface area (Å²) in [7, 11) is 4.53. The number of pyridine rings is 1. The van der Waals surface area contributed by atoms with Gasteiger partial charge in [-0.05, 0) is 83.1 Å². The minimum atomic E-state index is 0.267. The smallest absolute Gasteiger partial charge is 0.129 e. The highest BCUT2D eigenvalue weighted by Crippen LogP contribution is 2.35. The molecule has 0 saturated carbocycles. The van der Waals surface area contributed by atoms with Gasteiger partial charge in [-0.2, -0.15) is 0 Å². The van der Waals surface area contributed by atoms with E-state index in [2.05, 4.69) is 69.0 Å². The number of likely N-dealkylation sites (N-methyl/N-ethyl adjacent to an activating group) is 2. The molecule has 2 fully saturated rings. The Bertz CT molecular complexity index is 987. The van der Waals surface area contributed by atoms with Gasteiger partial charge in [-0.15, -0.1) is 0 Å². The number of allylic oxidation sites excluding steroid dienone is 2. The van der Waals surface area contributed by atoms with E-state index in [1.54, 1.807) is 0 Å². The molecule has 1 aliphatic carbocycles. The molecule has 5 heterocycles. The molecule has 5 aliphatic rings. The highest BCUT2D eigenvalue weighted by Gasteiger charge is 2.42. The maximum absolute atomic E-state index is 5.37. The summed E-state index contributed by atoms with van der Waals surface area (Å²) in [5.74, 6) is 2.52. The summed E-state index contributed by atoms with van der Waals surface area (Å²) < 4.78 is 0. The molecule has 0 spiro atoms. The van der Waals surface area contributed by atoms with Crippen LogP contribution < -0.4 is 0 Å². The van der Waals surface area contributed by atoms with Crippen LogP contribution in [0.1, 0.15) is 43.0 Å². The predicted molar refractivity (Wildman–Crippen MR) is 141 cm³/mol. The second kappa shape index (κ2) is 10.0. The molecule has 1 aromatic rings. The molecule has 0 aromatic carbocycles. The molecular weight excluding hydrogens is 434 g/mol. The van der Waals surface area contributed by atoms with Crippen molar-refractivity contribution in [1.82, 2.24) is 29.5 Å². The number of hydrogen-bond donors (Lipinski definition) is 0. The van der Waals surface area contributed by atoms with Crippen molar-refractivity contribution in [3.05, 3.63) is 53.6 Å². The third-order valence-electron chi connectivity index (χ3n) is 8.70. The van der Waals surface area contributed by atoms with E-state index in [0.29, 0.717) is 12.1 Å². The molecule has 0 amide bonds. The average molecular weight is 476 g/mol. The van der Waals surface area contributed by atoms with E-state index in [9.17, 15) is 0 Å². The number of piperazine rings is 1. The van der Waals surface area contributed by atoms with E-state index in [0.717, 1.165) is 51.5 Å². The van der Waals surface area contributed by atoms with Crippen LogP contribution in [0.3, 0.4) is 0 Å². The zero-order valence-electron chi connectivity index (χ0n) is 21.5. The molecule has 0 radical (unpaired) electrons. The number of aliphatic imine (C=N–C) groups is 1. The van der Waals surface area contributed by atoms with E-state index >= 15 is 0 Å². The zero-order valence-corrected chi connectivity index (χ0v) is 21.5. The Hall–Kier alpha value is -2.22. The lowest BCUT2D eigenvalue weighted by Gasteiger charge is -2.43. The van der Waals surface area contributed by atoms with Gasteiger partial charge >= 0.3 is 0 Å². The van der Waals surface area contributed by atoms with Crippen molar-refractivity contribution in [2.45, 2.75) is 50.2 Å². The summed E-state index contributed by atoms with van der Waals surface area (Å²) in [6.45, 7) is 8.96. The zero-order chi connectivity index (χ0) is 23.8. The van der Waals surface area contributed by atoms with Crippen LogP contribution in [0.25, 0.3) is 0 Å². The topological polar surface area (TPSA) is 41.5 Å². The summed E-state index contributed by atoms with van der Waals surface area (Å²) in [4.78, 5) is 23.0. The quantitative estimate of drug-likeness (QED) is 0.630. The van der Waals surface area contributed by atoms with Gasteiger partial charge in [0.05, 0.1) is 23.8 Å². The summed E-state index contributed by atoms with van der Waals surface area (Å²) in [6.07, 6.45) is 15.0. The summed E-state index contributed by atoms with van der Waals surface area (Å²) >= 11 is 0. The van der Waals surface area contributed by atoms with Crippen LogP contribution in [-0.4, -0.2) is 114 Å². The number of hydrogen-bond acceptors (Lipinski definition) is 7. The molecule has 7 nitrogen and oxygen atoms in total. The first kappa shape index (κ1) is 23.2. The van der Waals surface area contributed by atoms with E-state index in [1.165, 1.54) is 55.9 Å². The Morgan fingerprint density at radius 2 is 1.89 bits per heavy atom. The van der Waals surface area contributed by atoms with Gasteiger partial charge in [0.25, 0.3) is 0 Å². The Morgan fingerprint density at radius 1 is 1.06 bits per heavy atom. The predicted octanol–water partition coefficient (Wildman–Crippen LogP) is 2.60. The fraction of sp³-hybridized carbons (Fsp3) is 0.643. The lowest BCUT2D eigenvalue weighted by Crippen LogP contribution is -2.54. The third kappa shape index (κ3) is 4.66. The first-order chi connectivity index (χ1) is 17.2. The monoisotopic (exact) mass is 475 g/mol. The standard InChI is InChI=1S/C28H41N7/c1-31-16-18-34(19-17-31)27-12-6-11-26-30-23(25(35(26)27)21-33-14-3-4-15-33)20-32(2)24-10-5-8-22-9-7-13-29-28(22)24/h6-7,9,11-13,23-25H,3-5,8,10,14-21H2,1-2H3/t23?,24-,25?/m0/s1. The highest BCUT2D eigenvalue weighted by atomic mass is 15.4. The molecule has 6 rings (SSSR count). The van der Waals surface area contributed by atoms with Gasteiger partial charge in [-0.3, -0.25) is 14.9 Å². The molecule has 0 bridgehead atoms. The Kier molecular flexibility index (Phi) is 6.65. The van der Waals surface area contributed by atoms with Crippen LogP contribution in [0, 0.1) is 0 Å². The Balaban J connectivity index is 1.24. The number of fused-ring (bicyclic) bond motifs is 2. The van der Waals surface area contributed by atoms with Crippen molar-refractivity contribution in [2.75, 3.05) is 66.5 Å². The van der Waals surface area contributed by atoms with Crippen LogP contribution >= 0.6 is 0 Å². The molecule has 0 N–H and O–H groups in total. The third-order valence-corrected chi connectivity index (χ3v) is 8.70. The van der Waals surface area contributed by atoms with Crippen LogP contribution in [0.5, 0.6) is 0 Å². The van der Waals surface area contributed by atoms with Crippen molar-refractivity contribution in [1.29, 1.82) is 0 Å². The van der Waals surface area contributed by atoms with Gasteiger partial charge in [0.2, 0.25) is 0 Å². The molecule has 7 heteroatoms. The van der Waals surface area contributed by atoms with Crippen LogP contribution in [0.2, 0.25) is 0 Å². The van der Waals surface area contributed by atoms with Crippen LogP contribution in [0.15, 0.2) is 47.4 Å². The van der Waals surface area contributed by atoms with Gasteiger partial charge in [0.15, 0.2) is 0 Å². The minimum absolute atomic E-state index is 0.267. The van der Waals surface area contributed by atoms with Crippen molar-refractivity contribution in [3.8, 4) is 0 Å². The first-order valence-electron chi connectivity index (χ1n) is 13.7. The molecule has 1 aromatic heterocycles. The largest absolute Gasteiger partial charge is 0.355 e. The second-order valence-corrected chi connectivity index (χ2v) is 11.1. The molecule has 3 atom stereocenters. The van der Waals surface area contributed by atoms with Gasteiger partial charge in [-0.25, -0.2) is 0 Å². The van der Waals surface area contributed by atoms with Crippen molar-refractivity contribution < 1.29 is 0 Å². The van der Waals surface area contributed by atoms with Gasteiger partial charge < -0.3 is 19.6 Å². The number of aromatic nitrogens is 1. The van der Waals surface area contributed by atoms with Gasteiger partial charge in [0.1, 0.15) is 11.7 Å². The minimum Gasteiger partial charge on any atom is -0.355 e. The van der Waals surface area contributed by atoms with Crippen LogP contribution in [0.4, 0.5) is 0 Å². The fourth-order valence-electron chi connectivity index (χ4n) is 6.70. The van der Waals surface area contributed by atoms with Crippen molar-refractivity contribution >= 4 is 5.84 Å². The number of nitrogens with zero attached hydrogens (tertiary/aromatic N) is 7. The lowest BCUT2D eigenvalue weighted by molar-refractivity contribution is 0.127. The van der Waals surface area contributed by atoms with E-state index in [-0.39, 0.29) is 6.04 Å². The van der Waals surface area contributed by atoms with Gasteiger partial charge in [-0.1, -0.05) is 12.1 Å². The lowest BCUT2D eigenvalue weighted by atomic mass is 9.90. The number of likely N-dealkylation sites (tertiary alicyclic amines) is 1. The van der Waals surface area contributed by atoms with Crippen molar-refractivity contribution in [3.63, 3.8) is 0 Å². The highest BCUT2D eigenvalue weighted by molar-refractivity contribution is 5.97. The molecule has 4 aliphatic heterocycles. The number of amidine groups is 1. The maximum Gasteiger partial charge on any atom is 0.129 e. The second-order valence-electron chi connectivity index (χ2n) is 11.1. The molecule has 35 heavy (non-hydrogen) atoms. The molecular formula is C28H41N7. The number of rotatable bonds is 6. The average Bonchev–Trinajstić information content (AvgIpc) is 3.52. The fourth-order valence-corrected chi connectivity index (χ4v) is 6.70. The van der Waals surface area contributed by atoms with Crippen LogP contribution in [-0.2, 0) is 6.42 Å². The number of aryl methyl sites for hydroxylation is 1. The summed E-state index contributed by atoms with van der Waals surface area (Å²) in [5, 5.41) is 0. The van der Waals surface area contributed by atoms with E-state index in [1.807, 2.05) is 6.20 Å². The first-order valence-corrected chi connectivity index (χ1v) is 13.7. The Morgan fingerprint density at radius 3 is 2.71 bits per heavy atom. The normalized spacial score (nSPS) is 29.4. The van der Waals surface area contributed by atoms with Crippen molar-refractivity contribution in [2.24, 2.45) is 4.99 Å². The summed E-state index contributed by atoms with van der Waals surface area (Å²) in [5.41, 5.74) is 2.72.